The van der Waals surface area contributed by atoms with Crippen LogP contribution in [0, 0.1) is 5.21 Å². The molecular weight excluding hydrogens is 146 g/mol. The summed E-state index contributed by atoms with van der Waals surface area (Å²) in [6.07, 6.45) is 1.26. The summed E-state index contributed by atoms with van der Waals surface area (Å²) in [6.45, 7) is 1.24. The first-order chi connectivity index (χ1) is 5.20. The summed E-state index contributed by atoms with van der Waals surface area (Å²) in [5.41, 5.74) is 0. The third-order valence-electron chi connectivity index (χ3n) is 1.04. The van der Waals surface area contributed by atoms with E-state index in [4.69, 9.17) is 0 Å². The van der Waals surface area contributed by atoms with Gasteiger partial charge in [-0.15, -0.1) is 4.73 Å². The molecule has 58 valence electrons. The van der Waals surface area contributed by atoms with Gasteiger partial charge in [0.15, 0.2) is 6.20 Å². The van der Waals surface area contributed by atoms with Crippen LogP contribution in [0.3, 0.4) is 0 Å². The molecule has 4 nitrogen and oxygen atoms in total. The van der Waals surface area contributed by atoms with Gasteiger partial charge in [0, 0.05) is 13.0 Å². The Balaban J connectivity index is 2.86. The summed E-state index contributed by atoms with van der Waals surface area (Å²) in [4.78, 5) is 10.4. The van der Waals surface area contributed by atoms with E-state index in [9.17, 15) is 10.0 Å². The number of carbonyl (C=O) groups is 1. The molecule has 1 aromatic rings. The van der Waals surface area contributed by atoms with Crippen molar-refractivity contribution in [2.24, 2.45) is 0 Å². The monoisotopic (exact) mass is 153 g/mol. The Labute approximate surface area is 63.6 Å². The van der Waals surface area contributed by atoms with Crippen LogP contribution >= 0.6 is 0 Å². The minimum absolute atomic E-state index is 0.000000000000000222. The van der Waals surface area contributed by atoms with Crippen LogP contribution in [0.1, 0.15) is 6.92 Å². The Morgan fingerprint density at radius 1 is 1.64 bits per heavy atom. The smallest absolute Gasteiger partial charge is 0.387 e. The quantitative estimate of drug-likeness (QED) is 0.330. The second-order valence-electron chi connectivity index (χ2n) is 1.96. The van der Waals surface area contributed by atoms with Crippen LogP contribution in [0.2, 0.25) is 0 Å². The minimum Gasteiger partial charge on any atom is -0.616 e. The Morgan fingerprint density at radius 3 is 2.91 bits per heavy atom. The van der Waals surface area contributed by atoms with Crippen LogP contribution in [0.15, 0.2) is 24.4 Å². The number of rotatable bonds is 1. The second-order valence-corrected chi connectivity index (χ2v) is 1.96. The molecule has 4 heteroatoms. The SMILES string of the molecule is CC(=O)Oc1cccc[n+]1[O-]. The number of hydrogen-bond acceptors (Lipinski definition) is 3. The van der Waals surface area contributed by atoms with Crippen molar-refractivity contribution >= 4 is 5.97 Å². The van der Waals surface area contributed by atoms with E-state index in [1.165, 1.54) is 19.2 Å². The molecule has 0 amide bonds. The van der Waals surface area contributed by atoms with Crippen molar-refractivity contribution in [1.29, 1.82) is 0 Å². The van der Waals surface area contributed by atoms with Gasteiger partial charge in [0.2, 0.25) is 0 Å². The van der Waals surface area contributed by atoms with E-state index in [-0.39, 0.29) is 5.88 Å². The molecule has 0 bridgehead atoms. The third kappa shape index (κ3) is 1.93. The molecule has 0 aromatic carbocycles. The average molecular weight is 153 g/mol. The number of ether oxygens (including phenoxy) is 1. The highest BCUT2D eigenvalue weighted by atomic mass is 16.6. The minimum atomic E-state index is -0.499. The van der Waals surface area contributed by atoms with Gasteiger partial charge < -0.3 is 9.94 Å². The van der Waals surface area contributed by atoms with E-state index in [1.807, 2.05) is 0 Å². The Morgan fingerprint density at radius 2 is 2.36 bits per heavy atom. The third-order valence-corrected chi connectivity index (χ3v) is 1.04. The number of aromatic nitrogens is 1. The number of esters is 1. The van der Waals surface area contributed by atoms with E-state index < -0.39 is 5.97 Å². The van der Waals surface area contributed by atoms with Gasteiger partial charge in [-0.05, 0) is 6.07 Å². The van der Waals surface area contributed by atoms with Gasteiger partial charge in [-0.1, -0.05) is 0 Å². The number of nitrogens with zero attached hydrogens (tertiary/aromatic N) is 1. The Hall–Kier alpha value is -1.58. The van der Waals surface area contributed by atoms with Crippen molar-refractivity contribution in [2.75, 3.05) is 0 Å². The summed E-state index contributed by atoms with van der Waals surface area (Å²) in [5.74, 6) is -0.499. The first kappa shape index (κ1) is 7.53. The fraction of sp³-hybridized carbons (Fsp3) is 0.143. The molecule has 1 heterocycles. The average Bonchev–Trinajstić information content (AvgIpc) is 1.93. The van der Waals surface area contributed by atoms with Crippen LogP contribution < -0.4 is 9.47 Å². The van der Waals surface area contributed by atoms with Gasteiger partial charge in [0.25, 0.3) is 0 Å². The summed E-state index contributed by atoms with van der Waals surface area (Å²) >= 11 is 0. The topological polar surface area (TPSA) is 53.2 Å². The molecule has 11 heavy (non-hydrogen) atoms. The summed E-state index contributed by atoms with van der Waals surface area (Å²) in [5, 5.41) is 10.8. The van der Waals surface area contributed by atoms with Crippen molar-refractivity contribution in [2.45, 2.75) is 6.92 Å². The molecule has 0 aliphatic rings. The van der Waals surface area contributed by atoms with Crippen molar-refractivity contribution in [3.63, 3.8) is 0 Å². The molecular formula is C7H7NO3. The summed E-state index contributed by atoms with van der Waals surface area (Å²) < 4.78 is 5.04. The highest BCUT2D eigenvalue weighted by Gasteiger charge is 2.05. The Kier molecular flexibility index (Phi) is 2.06. The maximum Gasteiger partial charge on any atom is 0.387 e. The van der Waals surface area contributed by atoms with E-state index >= 15 is 0 Å². The van der Waals surface area contributed by atoms with Gasteiger partial charge in [-0.3, -0.25) is 4.79 Å². The molecule has 1 rings (SSSR count). The van der Waals surface area contributed by atoms with Crippen LogP contribution in [-0.4, -0.2) is 5.97 Å². The van der Waals surface area contributed by atoms with Crippen LogP contribution in [0.4, 0.5) is 0 Å². The van der Waals surface area contributed by atoms with E-state index in [2.05, 4.69) is 4.74 Å². The molecule has 0 fully saturated rings. The predicted molar refractivity (Wildman–Crippen MR) is 36.7 cm³/mol. The molecule has 0 spiro atoms. The Bertz CT molecular complexity index is 272. The van der Waals surface area contributed by atoms with Crippen molar-refractivity contribution in [3.05, 3.63) is 29.6 Å². The first-order valence-electron chi connectivity index (χ1n) is 3.07. The van der Waals surface area contributed by atoms with Gasteiger partial charge in [-0.2, -0.15) is 0 Å². The van der Waals surface area contributed by atoms with E-state index in [0.717, 1.165) is 0 Å². The standard InChI is InChI=1S/C7H7NO3/c1-6(9)11-7-4-2-3-5-8(7)10/h2-5H,1H3. The highest BCUT2D eigenvalue weighted by molar-refractivity contribution is 5.68. The van der Waals surface area contributed by atoms with Gasteiger partial charge in [-0.25, -0.2) is 0 Å². The molecule has 0 unspecified atom stereocenters. The van der Waals surface area contributed by atoms with Gasteiger partial charge >= 0.3 is 11.8 Å². The zero-order valence-corrected chi connectivity index (χ0v) is 5.98. The lowest BCUT2D eigenvalue weighted by atomic mass is 10.5. The van der Waals surface area contributed by atoms with Crippen LogP contribution in [0.25, 0.3) is 0 Å². The van der Waals surface area contributed by atoms with Crippen molar-refractivity contribution in [1.82, 2.24) is 0 Å². The zero-order valence-electron chi connectivity index (χ0n) is 5.98. The lowest BCUT2D eigenvalue weighted by molar-refractivity contribution is -0.610. The molecule has 0 N–H and O–H groups in total. The number of hydrogen-bond donors (Lipinski definition) is 0. The molecule has 0 saturated carbocycles. The maximum absolute atomic E-state index is 10.8. The lowest BCUT2D eigenvalue weighted by Gasteiger charge is -2.00. The van der Waals surface area contributed by atoms with Crippen molar-refractivity contribution < 1.29 is 14.3 Å². The van der Waals surface area contributed by atoms with Crippen molar-refractivity contribution in [3.8, 4) is 5.88 Å². The van der Waals surface area contributed by atoms with Crippen LogP contribution in [0.5, 0.6) is 5.88 Å². The van der Waals surface area contributed by atoms with E-state index in [1.54, 1.807) is 12.1 Å². The fourth-order valence-corrected chi connectivity index (χ4v) is 0.639. The summed E-state index contributed by atoms with van der Waals surface area (Å²) in [7, 11) is 0. The summed E-state index contributed by atoms with van der Waals surface area (Å²) in [6, 6.07) is 4.60. The molecule has 0 atom stereocenters. The van der Waals surface area contributed by atoms with E-state index in [0.29, 0.717) is 4.73 Å². The van der Waals surface area contributed by atoms with Crippen LogP contribution in [-0.2, 0) is 4.79 Å². The van der Waals surface area contributed by atoms with Gasteiger partial charge in [0.1, 0.15) is 0 Å². The normalized spacial score (nSPS) is 9.18. The maximum atomic E-state index is 10.8. The molecule has 0 radical (unpaired) electrons. The molecule has 0 aliphatic heterocycles. The first-order valence-corrected chi connectivity index (χ1v) is 3.07. The molecule has 0 aliphatic carbocycles. The largest absolute Gasteiger partial charge is 0.616 e. The second kappa shape index (κ2) is 3.01. The number of pyridine rings is 1. The number of carbonyl (C=O) groups excluding carboxylic acids is 1. The van der Waals surface area contributed by atoms with Gasteiger partial charge in [0.05, 0.1) is 6.07 Å². The highest BCUT2D eigenvalue weighted by Crippen LogP contribution is 1.99. The lowest BCUT2D eigenvalue weighted by Crippen LogP contribution is -2.28. The fourth-order valence-electron chi connectivity index (χ4n) is 0.639. The molecule has 0 saturated heterocycles. The molecule has 1 aromatic heterocycles. The zero-order chi connectivity index (χ0) is 8.27. The predicted octanol–water partition coefficient (Wildman–Crippen LogP) is 0.245.